The summed E-state index contributed by atoms with van der Waals surface area (Å²) in [5.74, 6) is 0. The maximum absolute atomic E-state index is 13.3. The molecule has 3 aliphatic heterocycles. The van der Waals surface area contributed by atoms with Crippen molar-refractivity contribution in [1.82, 2.24) is 14.7 Å². The van der Waals surface area contributed by atoms with Gasteiger partial charge in [0.15, 0.2) is 0 Å². The van der Waals surface area contributed by atoms with Crippen LogP contribution in [0.2, 0.25) is 0 Å². The number of allylic oxidation sites excluding steroid dienone is 2. The highest BCUT2D eigenvalue weighted by Gasteiger charge is 2.34. The van der Waals surface area contributed by atoms with Crippen LogP contribution >= 0.6 is 11.3 Å². The van der Waals surface area contributed by atoms with Gasteiger partial charge in [0, 0.05) is 25.7 Å². The molecule has 5 heteroatoms. The van der Waals surface area contributed by atoms with Crippen LogP contribution in [-0.2, 0) is 0 Å². The van der Waals surface area contributed by atoms with Crippen molar-refractivity contribution in [1.29, 1.82) is 0 Å². The summed E-state index contributed by atoms with van der Waals surface area (Å²) in [7, 11) is 0. The first kappa shape index (κ1) is 15.9. The van der Waals surface area contributed by atoms with E-state index in [2.05, 4.69) is 39.5 Å². The van der Waals surface area contributed by atoms with Crippen LogP contribution < -0.4 is 0 Å². The molecule has 2 amide bonds. The van der Waals surface area contributed by atoms with Gasteiger partial charge in [-0.15, -0.1) is 11.3 Å². The number of nitrogens with zero attached hydrogens (tertiary/aromatic N) is 3. The first-order valence-electron chi connectivity index (χ1n) is 9.04. The number of hydrogen-bond acceptors (Lipinski definition) is 3. The van der Waals surface area contributed by atoms with Gasteiger partial charge >= 0.3 is 6.03 Å². The fourth-order valence-electron chi connectivity index (χ4n) is 4.03. The Bertz CT molecular complexity index is 631. The van der Waals surface area contributed by atoms with Crippen molar-refractivity contribution in [2.45, 2.75) is 31.7 Å². The Hall–Kier alpha value is -1.59. The quantitative estimate of drug-likeness (QED) is 0.838. The van der Waals surface area contributed by atoms with E-state index >= 15 is 0 Å². The Labute approximate surface area is 148 Å². The second-order valence-corrected chi connectivity index (χ2v) is 7.80. The molecule has 1 atom stereocenters. The molecule has 0 spiro atoms. The Balaban J connectivity index is 1.49. The van der Waals surface area contributed by atoms with E-state index < -0.39 is 0 Å². The van der Waals surface area contributed by atoms with Crippen molar-refractivity contribution in [2.24, 2.45) is 0 Å². The van der Waals surface area contributed by atoms with Crippen molar-refractivity contribution >= 4 is 23.1 Å². The second kappa shape index (κ2) is 7.11. The van der Waals surface area contributed by atoms with Gasteiger partial charge in [0.2, 0.25) is 0 Å². The number of carbonyl (C=O) groups is 1. The first-order chi connectivity index (χ1) is 11.8. The fraction of sp³-hybridized carbons (Fsp3) is 0.526. The van der Waals surface area contributed by atoms with E-state index in [4.69, 9.17) is 0 Å². The first-order valence-corrected chi connectivity index (χ1v) is 9.92. The standard InChI is InChI=1S/C19H25N3OS/c23-19(21-13-5-7-16(21)15-20-10-3-4-11-20)22-12-2-1-8-17(22)18-9-6-14-24-18/h1-2,6,8-9,14,16H,3-5,7,10-13,15H2. The topological polar surface area (TPSA) is 26.8 Å². The molecule has 1 aromatic rings. The van der Waals surface area contributed by atoms with E-state index in [1.165, 1.54) is 30.8 Å². The monoisotopic (exact) mass is 343 g/mol. The normalized spacial score (nSPS) is 24.7. The molecule has 0 aliphatic carbocycles. The zero-order chi connectivity index (χ0) is 16.4. The lowest BCUT2D eigenvalue weighted by Gasteiger charge is -2.34. The third kappa shape index (κ3) is 3.15. The van der Waals surface area contributed by atoms with Gasteiger partial charge < -0.3 is 9.80 Å². The number of hydrogen-bond donors (Lipinski definition) is 0. The molecule has 4 rings (SSSR count). The molecule has 0 saturated carbocycles. The van der Waals surface area contributed by atoms with E-state index in [0.29, 0.717) is 12.6 Å². The average Bonchev–Trinajstić information content (AvgIpc) is 3.37. The average molecular weight is 343 g/mol. The number of amides is 2. The largest absolute Gasteiger partial charge is 0.325 e. The molecule has 3 aliphatic rings. The van der Waals surface area contributed by atoms with Gasteiger partial charge in [-0.05, 0) is 56.3 Å². The third-order valence-electron chi connectivity index (χ3n) is 5.26. The van der Waals surface area contributed by atoms with Gasteiger partial charge in [0.1, 0.15) is 0 Å². The molecule has 0 radical (unpaired) electrons. The molecule has 4 heterocycles. The lowest BCUT2D eigenvalue weighted by atomic mass is 10.2. The Kier molecular flexibility index (Phi) is 4.72. The van der Waals surface area contributed by atoms with Crippen LogP contribution in [0.15, 0.2) is 35.7 Å². The van der Waals surface area contributed by atoms with Crippen LogP contribution in [0.5, 0.6) is 0 Å². The van der Waals surface area contributed by atoms with Crippen LogP contribution in [0.1, 0.15) is 30.6 Å². The van der Waals surface area contributed by atoms with Crippen LogP contribution in [0, 0.1) is 0 Å². The molecule has 1 aromatic heterocycles. The molecule has 0 aromatic carbocycles. The minimum absolute atomic E-state index is 0.181. The highest BCUT2D eigenvalue weighted by atomic mass is 32.1. The predicted molar refractivity (Wildman–Crippen MR) is 98.9 cm³/mol. The minimum Gasteiger partial charge on any atom is -0.320 e. The zero-order valence-electron chi connectivity index (χ0n) is 14.1. The van der Waals surface area contributed by atoms with Gasteiger partial charge in [-0.2, -0.15) is 0 Å². The number of carbonyl (C=O) groups excluding carboxylic acids is 1. The molecule has 1 unspecified atom stereocenters. The van der Waals surface area contributed by atoms with Crippen LogP contribution in [0.4, 0.5) is 4.79 Å². The van der Waals surface area contributed by atoms with Gasteiger partial charge in [-0.3, -0.25) is 4.90 Å². The summed E-state index contributed by atoms with van der Waals surface area (Å²) in [4.78, 5) is 21.0. The summed E-state index contributed by atoms with van der Waals surface area (Å²) >= 11 is 1.70. The molecule has 24 heavy (non-hydrogen) atoms. The summed E-state index contributed by atoms with van der Waals surface area (Å²) < 4.78 is 0. The Morgan fingerprint density at radius 2 is 2.08 bits per heavy atom. The van der Waals surface area contributed by atoms with E-state index in [1.807, 2.05) is 11.0 Å². The van der Waals surface area contributed by atoms with Gasteiger partial charge in [0.05, 0.1) is 10.6 Å². The van der Waals surface area contributed by atoms with Gasteiger partial charge in [0.25, 0.3) is 0 Å². The zero-order valence-corrected chi connectivity index (χ0v) is 14.9. The van der Waals surface area contributed by atoms with Crippen LogP contribution in [0.3, 0.4) is 0 Å². The van der Waals surface area contributed by atoms with Crippen molar-refractivity contribution in [3.8, 4) is 0 Å². The lowest BCUT2D eigenvalue weighted by Crippen LogP contribution is -2.48. The van der Waals surface area contributed by atoms with Crippen molar-refractivity contribution < 1.29 is 4.79 Å². The molecule has 128 valence electrons. The minimum atomic E-state index is 0.181. The lowest BCUT2D eigenvalue weighted by molar-refractivity contribution is 0.155. The molecule has 2 fully saturated rings. The van der Waals surface area contributed by atoms with E-state index in [-0.39, 0.29) is 6.03 Å². The molecular formula is C19H25N3OS. The number of rotatable bonds is 3. The molecule has 2 saturated heterocycles. The highest BCUT2D eigenvalue weighted by Crippen LogP contribution is 2.29. The van der Waals surface area contributed by atoms with E-state index in [1.54, 1.807) is 11.3 Å². The van der Waals surface area contributed by atoms with Crippen LogP contribution in [-0.4, -0.2) is 59.5 Å². The predicted octanol–water partition coefficient (Wildman–Crippen LogP) is 3.64. The van der Waals surface area contributed by atoms with Crippen molar-refractivity contribution in [3.05, 3.63) is 40.6 Å². The Morgan fingerprint density at radius 1 is 1.21 bits per heavy atom. The van der Waals surface area contributed by atoms with Crippen molar-refractivity contribution in [3.63, 3.8) is 0 Å². The third-order valence-corrected chi connectivity index (χ3v) is 6.16. The smallest absolute Gasteiger partial charge is 0.320 e. The molecule has 0 N–H and O–H groups in total. The highest BCUT2D eigenvalue weighted by molar-refractivity contribution is 7.11. The Morgan fingerprint density at radius 3 is 2.88 bits per heavy atom. The molecule has 0 bridgehead atoms. The summed E-state index contributed by atoms with van der Waals surface area (Å²) in [6.07, 6.45) is 11.1. The number of urea groups is 1. The van der Waals surface area contributed by atoms with Gasteiger partial charge in [-0.25, -0.2) is 4.79 Å². The molecule has 4 nitrogen and oxygen atoms in total. The summed E-state index contributed by atoms with van der Waals surface area (Å²) in [5, 5.41) is 2.07. The van der Waals surface area contributed by atoms with E-state index in [9.17, 15) is 4.79 Å². The summed E-state index contributed by atoms with van der Waals surface area (Å²) in [5.41, 5.74) is 1.05. The SMILES string of the molecule is O=C(N1CC=CC=C1c1cccs1)N1CCCC1CN1CCCC1. The van der Waals surface area contributed by atoms with E-state index in [0.717, 1.165) is 31.6 Å². The number of likely N-dealkylation sites (tertiary alicyclic amines) is 2. The fourth-order valence-corrected chi connectivity index (χ4v) is 4.79. The summed E-state index contributed by atoms with van der Waals surface area (Å²) in [6.45, 7) is 5.02. The van der Waals surface area contributed by atoms with Crippen molar-refractivity contribution in [2.75, 3.05) is 32.7 Å². The maximum Gasteiger partial charge on any atom is 0.325 e. The second-order valence-electron chi connectivity index (χ2n) is 6.85. The maximum atomic E-state index is 13.3. The van der Waals surface area contributed by atoms with Crippen LogP contribution in [0.25, 0.3) is 5.70 Å². The summed E-state index contributed by atoms with van der Waals surface area (Å²) in [6, 6.07) is 4.71. The molecular weight excluding hydrogens is 318 g/mol. The number of thiophene rings is 1. The van der Waals surface area contributed by atoms with Gasteiger partial charge in [-0.1, -0.05) is 18.2 Å².